The molecule has 2 aliphatic rings. The molecule has 21 heavy (non-hydrogen) atoms. The number of hydrogen-bond donors (Lipinski definition) is 1. The number of hydrogen-bond acceptors (Lipinski definition) is 4. The molecule has 0 amide bonds. The van der Waals surface area contributed by atoms with Gasteiger partial charge in [0, 0.05) is 31.2 Å². The summed E-state index contributed by atoms with van der Waals surface area (Å²) in [6, 6.07) is 6.41. The van der Waals surface area contributed by atoms with Gasteiger partial charge >= 0.3 is 0 Å². The average Bonchev–Trinajstić information content (AvgIpc) is 2.99. The molecule has 3 unspecified atom stereocenters. The van der Waals surface area contributed by atoms with Crippen LogP contribution in [0.5, 0.6) is 11.5 Å². The van der Waals surface area contributed by atoms with Gasteiger partial charge in [0.05, 0.1) is 19.8 Å². The molecule has 1 saturated heterocycles. The van der Waals surface area contributed by atoms with E-state index >= 15 is 0 Å². The van der Waals surface area contributed by atoms with E-state index in [9.17, 15) is 0 Å². The lowest BCUT2D eigenvalue weighted by Gasteiger charge is -2.29. The minimum Gasteiger partial charge on any atom is -0.497 e. The molecule has 2 heterocycles. The summed E-state index contributed by atoms with van der Waals surface area (Å²) >= 11 is 0. The fraction of sp³-hybridized carbons (Fsp3) is 0.647. The molecule has 1 N–H and O–H groups in total. The SMILES string of the molecule is CCC1OCCC1CNC1CCOc2ccc(OC)cc21. The summed E-state index contributed by atoms with van der Waals surface area (Å²) in [5.41, 5.74) is 1.22. The summed E-state index contributed by atoms with van der Waals surface area (Å²) < 4.78 is 16.9. The van der Waals surface area contributed by atoms with Crippen molar-refractivity contribution >= 4 is 0 Å². The molecule has 2 aliphatic heterocycles. The van der Waals surface area contributed by atoms with Crippen LogP contribution in [-0.4, -0.2) is 33.0 Å². The highest BCUT2D eigenvalue weighted by molar-refractivity contribution is 5.43. The van der Waals surface area contributed by atoms with Crippen LogP contribution in [0.2, 0.25) is 0 Å². The lowest BCUT2D eigenvalue weighted by atomic mass is 9.96. The number of nitrogens with one attached hydrogen (secondary N) is 1. The van der Waals surface area contributed by atoms with Crippen molar-refractivity contribution in [3.05, 3.63) is 23.8 Å². The van der Waals surface area contributed by atoms with E-state index in [2.05, 4.69) is 18.3 Å². The molecule has 3 atom stereocenters. The fourth-order valence-electron chi connectivity index (χ4n) is 3.38. The zero-order chi connectivity index (χ0) is 14.7. The van der Waals surface area contributed by atoms with Crippen molar-refractivity contribution in [3.8, 4) is 11.5 Å². The number of rotatable bonds is 5. The van der Waals surface area contributed by atoms with Gasteiger partial charge < -0.3 is 19.5 Å². The summed E-state index contributed by atoms with van der Waals surface area (Å²) in [4.78, 5) is 0. The molecule has 3 rings (SSSR count). The first-order valence-corrected chi connectivity index (χ1v) is 7.97. The molecule has 0 aromatic heterocycles. The fourth-order valence-corrected chi connectivity index (χ4v) is 3.38. The van der Waals surface area contributed by atoms with Gasteiger partial charge in [0.15, 0.2) is 0 Å². The van der Waals surface area contributed by atoms with Gasteiger partial charge in [-0.15, -0.1) is 0 Å². The molecule has 0 saturated carbocycles. The highest BCUT2D eigenvalue weighted by atomic mass is 16.5. The number of ether oxygens (including phenoxy) is 3. The van der Waals surface area contributed by atoms with Crippen molar-refractivity contribution in [2.45, 2.75) is 38.3 Å². The lowest BCUT2D eigenvalue weighted by Crippen LogP contribution is -2.33. The van der Waals surface area contributed by atoms with Crippen molar-refractivity contribution in [1.29, 1.82) is 0 Å². The largest absolute Gasteiger partial charge is 0.497 e. The maximum atomic E-state index is 5.78. The summed E-state index contributed by atoms with van der Waals surface area (Å²) in [7, 11) is 1.70. The summed E-state index contributed by atoms with van der Waals surface area (Å²) in [5, 5.41) is 3.72. The molecule has 4 heteroatoms. The third kappa shape index (κ3) is 3.16. The van der Waals surface area contributed by atoms with E-state index in [1.54, 1.807) is 7.11 Å². The Hall–Kier alpha value is -1.26. The lowest BCUT2D eigenvalue weighted by molar-refractivity contribution is 0.0860. The maximum Gasteiger partial charge on any atom is 0.124 e. The molecule has 1 aromatic rings. The normalized spacial score (nSPS) is 28.0. The van der Waals surface area contributed by atoms with Crippen molar-refractivity contribution in [2.75, 3.05) is 26.9 Å². The van der Waals surface area contributed by atoms with E-state index in [1.165, 1.54) is 12.0 Å². The van der Waals surface area contributed by atoms with Crippen LogP contribution < -0.4 is 14.8 Å². The van der Waals surface area contributed by atoms with Crippen molar-refractivity contribution in [2.24, 2.45) is 5.92 Å². The van der Waals surface area contributed by atoms with Gasteiger partial charge in [-0.25, -0.2) is 0 Å². The van der Waals surface area contributed by atoms with Crippen molar-refractivity contribution < 1.29 is 14.2 Å². The number of fused-ring (bicyclic) bond motifs is 1. The van der Waals surface area contributed by atoms with E-state index in [0.717, 1.165) is 44.1 Å². The van der Waals surface area contributed by atoms with Crippen molar-refractivity contribution in [3.63, 3.8) is 0 Å². The van der Waals surface area contributed by atoms with Crippen LogP contribution in [0.1, 0.15) is 37.8 Å². The smallest absolute Gasteiger partial charge is 0.124 e. The summed E-state index contributed by atoms with van der Waals surface area (Å²) in [5.74, 6) is 2.50. The Morgan fingerprint density at radius 2 is 2.19 bits per heavy atom. The Labute approximate surface area is 126 Å². The van der Waals surface area contributed by atoms with Crippen LogP contribution in [0.15, 0.2) is 18.2 Å². The highest BCUT2D eigenvalue weighted by Gasteiger charge is 2.28. The monoisotopic (exact) mass is 291 g/mol. The molecule has 4 nitrogen and oxygen atoms in total. The van der Waals surface area contributed by atoms with E-state index in [1.807, 2.05) is 12.1 Å². The molecule has 1 fully saturated rings. The minimum atomic E-state index is 0.349. The predicted octanol–water partition coefficient (Wildman–Crippen LogP) is 2.92. The van der Waals surface area contributed by atoms with Gasteiger partial charge in [0.2, 0.25) is 0 Å². The van der Waals surface area contributed by atoms with Gasteiger partial charge in [-0.3, -0.25) is 0 Å². The van der Waals surface area contributed by atoms with Gasteiger partial charge in [0.25, 0.3) is 0 Å². The second kappa shape index (κ2) is 6.67. The van der Waals surface area contributed by atoms with Gasteiger partial charge in [0.1, 0.15) is 11.5 Å². The topological polar surface area (TPSA) is 39.7 Å². The van der Waals surface area contributed by atoms with Crippen LogP contribution in [-0.2, 0) is 4.74 Å². The molecule has 0 spiro atoms. The Balaban J connectivity index is 1.67. The van der Waals surface area contributed by atoms with Crippen LogP contribution in [0.25, 0.3) is 0 Å². The Morgan fingerprint density at radius 3 is 3.00 bits per heavy atom. The predicted molar refractivity (Wildman–Crippen MR) is 82.0 cm³/mol. The zero-order valence-corrected chi connectivity index (χ0v) is 12.9. The van der Waals surface area contributed by atoms with Crippen molar-refractivity contribution in [1.82, 2.24) is 5.32 Å². The van der Waals surface area contributed by atoms with E-state index < -0.39 is 0 Å². The molecule has 116 valence electrons. The van der Waals surface area contributed by atoms with E-state index in [0.29, 0.717) is 18.1 Å². The molecule has 1 aromatic carbocycles. The number of methoxy groups -OCH3 is 1. The van der Waals surface area contributed by atoms with E-state index in [4.69, 9.17) is 14.2 Å². The van der Waals surface area contributed by atoms with Crippen LogP contribution in [0.3, 0.4) is 0 Å². The van der Waals surface area contributed by atoms with Crippen LogP contribution in [0, 0.1) is 5.92 Å². The first-order valence-electron chi connectivity index (χ1n) is 7.97. The summed E-state index contributed by atoms with van der Waals surface area (Å²) in [6.07, 6.45) is 3.69. The third-order valence-electron chi connectivity index (χ3n) is 4.63. The second-order valence-corrected chi connectivity index (χ2v) is 5.87. The summed E-state index contributed by atoms with van der Waals surface area (Å²) in [6.45, 7) is 4.90. The zero-order valence-electron chi connectivity index (χ0n) is 12.9. The maximum absolute atomic E-state index is 5.78. The van der Waals surface area contributed by atoms with Crippen LogP contribution in [0.4, 0.5) is 0 Å². The first kappa shape index (κ1) is 14.7. The number of benzene rings is 1. The quantitative estimate of drug-likeness (QED) is 0.905. The Bertz CT molecular complexity index is 477. The van der Waals surface area contributed by atoms with Gasteiger partial charge in [-0.1, -0.05) is 6.92 Å². The Morgan fingerprint density at radius 1 is 1.29 bits per heavy atom. The molecular formula is C17H25NO3. The standard InChI is InChI=1S/C17H25NO3/c1-3-16-12(6-8-20-16)11-18-15-7-9-21-17-5-4-13(19-2)10-14(15)17/h4-5,10,12,15-16,18H,3,6-9,11H2,1-2H3. The highest BCUT2D eigenvalue weighted by Crippen LogP contribution is 2.35. The Kier molecular flexibility index (Phi) is 4.66. The third-order valence-corrected chi connectivity index (χ3v) is 4.63. The van der Waals surface area contributed by atoms with Crippen LogP contribution >= 0.6 is 0 Å². The van der Waals surface area contributed by atoms with Gasteiger partial charge in [-0.05, 0) is 37.0 Å². The van der Waals surface area contributed by atoms with Gasteiger partial charge in [-0.2, -0.15) is 0 Å². The molecular weight excluding hydrogens is 266 g/mol. The average molecular weight is 291 g/mol. The molecule has 0 bridgehead atoms. The minimum absolute atomic E-state index is 0.349. The first-order chi connectivity index (χ1) is 10.3. The molecule has 0 aliphatic carbocycles. The molecule has 0 radical (unpaired) electrons. The second-order valence-electron chi connectivity index (χ2n) is 5.87. The van der Waals surface area contributed by atoms with E-state index in [-0.39, 0.29) is 0 Å².